The molecule has 1 N–H and O–H groups in total. The van der Waals surface area contributed by atoms with Gasteiger partial charge in [-0.1, -0.05) is 49.1 Å². The zero-order chi connectivity index (χ0) is 21.7. The lowest BCUT2D eigenvalue weighted by Crippen LogP contribution is -2.15. The molecular formula is C20H26N6O2S2. The molecule has 0 fully saturated rings. The van der Waals surface area contributed by atoms with E-state index in [2.05, 4.69) is 51.7 Å². The van der Waals surface area contributed by atoms with Gasteiger partial charge in [-0.25, -0.2) is 0 Å². The van der Waals surface area contributed by atoms with Crippen molar-refractivity contribution >= 4 is 34.1 Å². The number of anilines is 1. The molecule has 0 spiro atoms. The van der Waals surface area contributed by atoms with Gasteiger partial charge in [-0.15, -0.1) is 20.4 Å². The predicted octanol–water partition coefficient (Wildman–Crippen LogP) is 4.45. The van der Waals surface area contributed by atoms with Crippen molar-refractivity contribution in [2.24, 2.45) is 0 Å². The van der Waals surface area contributed by atoms with Crippen LogP contribution in [0.25, 0.3) is 0 Å². The smallest absolute Gasteiger partial charge is 0.236 e. The van der Waals surface area contributed by atoms with E-state index in [0.717, 1.165) is 16.6 Å². The number of benzene rings is 1. The van der Waals surface area contributed by atoms with E-state index in [1.54, 1.807) is 0 Å². The first kappa shape index (κ1) is 22.2. The van der Waals surface area contributed by atoms with Crippen LogP contribution in [-0.4, -0.2) is 36.6 Å². The van der Waals surface area contributed by atoms with Gasteiger partial charge in [0.15, 0.2) is 17.1 Å². The summed E-state index contributed by atoms with van der Waals surface area (Å²) >= 11 is 2.68. The van der Waals surface area contributed by atoms with Crippen molar-refractivity contribution < 1.29 is 9.53 Å². The Labute approximate surface area is 184 Å². The van der Waals surface area contributed by atoms with E-state index < -0.39 is 0 Å². The van der Waals surface area contributed by atoms with Crippen LogP contribution in [0.2, 0.25) is 0 Å². The number of hydrogen-bond donors (Lipinski definition) is 1. The molecule has 2 aromatic heterocycles. The number of amides is 1. The minimum absolute atomic E-state index is 0.155. The van der Waals surface area contributed by atoms with Gasteiger partial charge in [0.25, 0.3) is 0 Å². The molecule has 0 saturated carbocycles. The van der Waals surface area contributed by atoms with E-state index in [9.17, 15) is 4.79 Å². The van der Waals surface area contributed by atoms with Crippen LogP contribution in [0.15, 0.2) is 29.4 Å². The van der Waals surface area contributed by atoms with Crippen molar-refractivity contribution in [3.8, 4) is 5.75 Å². The topological polar surface area (TPSA) is 94.8 Å². The van der Waals surface area contributed by atoms with E-state index in [1.807, 2.05) is 37.5 Å². The molecule has 2 heterocycles. The van der Waals surface area contributed by atoms with Gasteiger partial charge in [0.05, 0.1) is 5.75 Å². The van der Waals surface area contributed by atoms with Crippen molar-refractivity contribution in [2.75, 3.05) is 11.1 Å². The Kier molecular flexibility index (Phi) is 7.43. The number of rotatable bonds is 9. The highest BCUT2D eigenvalue weighted by Gasteiger charge is 2.20. The Balaban J connectivity index is 1.61. The van der Waals surface area contributed by atoms with E-state index in [-0.39, 0.29) is 17.8 Å². The molecule has 8 nitrogen and oxygen atoms in total. The summed E-state index contributed by atoms with van der Waals surface area (Å²) in [5, 5.41) is 21.1. The average molecular weight is 447 g/mol. The molecule has 10 heteroatoms. The minimum Gasteiger partial charge on any atom is -0.483 e. The molecule has 0 radical (unpaired) electrons. The predicted molar refractivity (Wildman–Crippen MR) is 119 cm³/mol. The molecule has 1 atom stereocenters. The van der Waals surface area contributed by atoms with E-state index in [4.69, 9.17) is 4.74 Å². The molecular weight excluding hydrogens is 420 g/mol. The molecule has 1 amide bonds. The monoisotopic (exact) mass is 446 g/mol. The molecule has 0 aliphatic heterocycles. The third kappa shape index (κ3) is 5.57. The van der Waals surface area contributed by atoms with Gasteiger partial charge in [0.2, 0.25) is 11.0 Å². The lowest BCUT2D eigenvalue weighted by Gasteiger charge is -2.16. The van der Waals surface area contributed by atoms with Crippen molar-refractivity contribution in [2.45, 2.75) is 58.3 Å². The summed E-state index contributed by atoms with van der Waals surface area (Å²) in [6, 6.07) is 8.12. The van der Waals surface area contributed by atoms with Gasteiger partial charge < -0.3 is 9.30 Å². The summed E-state index contributed by atoms with van der Waals surface area (Å²) in [5.41, 5.74) is 1.27. The average Bonchev–Trinajstić information content (AvgIpc) is 3.32. The first-order valence-corrected chi connectivity index (χ1v) is 11.6. The Morgan fingerprint density at radius 1 is 1.17 bits per heavy atom. The molecule has 30 heavy (non-hydrogen) atoms. The van der Waals surface area contributed by atoms with Crippen LogP contribution in [0, 0.1) is 6.92 Å². The number of thioether (sulfide) groups is 1. The van der Waals surface area contributed by atoms with Crippen LogP contribution in [0.4, 0.5) is 5.13 Å². The maximum absolute atomic E-state index is 12.2. The van der Waals surface area contributed by atoms with Crippen LogP contribution in [0.1, 0.15) is 56.1 Å². The second-order valence-electron chi connectivity index (χ2n) is 7.03. The third-order valence-corrected chi connectivity index (χ3v) is 6.11. The fourth-order valence-corrected chi connectivity index (χ4v) is 4.24. The Morgan fingerprint density at radius 2 is 1.90 bits per heavy atom. The van der Waals surface area contributed by atoms with E-state index >= 15 is 0 Å². The SMILES string of the molecule is CCn1c(SCC(=O)Nc2nnc(C)s2)nnc1C(C)Oc1ccc(C(C)C)cc1. The van der Waals surface area contributed by atoms with Crippen LogP contribution in [-0.2, 0) is 11.3 Å². The Bertz CT molecular complexity index is 984. The number of nitrogens with one attached hydrogen (secondary N) is 1. The molecule has 0 bridgehead atoms. The summed E-state index contributed by atoms with van der Waals surface area (Å²) < 4.78 is 8.04. The fourth-order valence-electron chi connectivity index (χ4n) is 2.83. The van der Waals surface area contributed by atoms with Crippen molar-refractivity contribution in [3.63, 3.8) is 0 Å². The minimum atomic E-state index is -0.269. The Hall–Kier alpha value is -2.46. The quantitative estimate of drug-likeness (QED) is 0.485. The fraction of sp³-hybridized carbons (Fsp3) is 0.450. The molecule has 0 saturated heterocycles. The van der Waals surface area contributed by atoms with Gasteiger partial charge in [-0.2, -0.15) is 0 Å². The molecule has 1 unspecified atom stereocenters. The highest BCUT2D eigenvalue weighted by atomic mass is 32.2. The molecule has 1 aromatic carbocycles. The van der Waals surface area contributed by atoms with Gasteiger partial charge in [0, 0.05) is 6.54 Å². The van der Waals surface area contributed by atoms with Crippen LogP contribution in [0.3, 0.4) is 0 Å². The third-order valence-electron chi connectivity index (χ3n) is 4.39. The van der Waals surface area contributed by atoms with Gasteiger partial charge >= 0.3 is 0 Å². The number of aromatic nitrogens is 5. The first-order chi connectivity index (χ1) is 14.4. The summed E-state index contributed by atoms with van der Waals surface area (Å²) in [6.07, 6.45) is -0.269. The molecule has 3 aromatic rings. The molecule has 3 rings (SSSR count). The zero-order valence-electron chi connectivity index (χ0n) is 17.7. The maximum atomic E-state index is 12.2. The van der Waals surface area contributed by atoms with Gasteiger partial charge in [-0.3, -0.25) is 10.1 Å². The molecule has 0 aliphatic rings. The number of carbonyl (C=O) groups is 1. The van der Waals surface area contributed by atoms with Crippen LogP contribution >= 0.6 is 23.1 Å². The number of carbonyl (C=O) groups excluding carboxylic acids is 1. The summed E-state index contributed by atoms with van der Waals surface area (Å²) in [7, 11) is 0. The summed E-state index contributed by atoms with van der Waals surface area (Å²) in [6.45, 7) is 10.8. The number of hydrogen-bond acceptors (Lipinski definition) is 8. The van der Waals surface area contributed by atoms with Crippen LogP contribution < -0.4 is 10.1 Å². The van der Waals surface area contributed by atoms with Crippen molar-refractivity contribution in [1.82, 2.24) is 25.0 Å². The van der Waals surface area contributed by atoms with Crippen molar-refractivity contribution in [3.05, 3.63) is 40.7 Å². The largest absolute Gasteiger partial charge is 0.483 e. The second kappa shape index (κ2) is 10.0. The molecule has 160 valence electrons. The highest BCUT2D eigenvalue weighted by molar-refractivity contribution is 7.99. The lowest BCUT2D eigenvalue weighted by molar-refractivity contribution is -0.113. The summed E-state index contributed by atoms with van der Waals surface area (Å²) in [4.78, 5) is 12.2. The van der Waals surface area contributed by atoms with Gasteiger partial charge in [-0.05, 0) is 44.4 Å². The zero-order valence-corrected chi connectivity index (χ0v) is 19.4. The van der Waals surface area contributed by atoms with Gasteiger partial charge in [0.1, 0.15) is 10.8 Å². The highest BCUT2D eigenvalue weighted by Crippen LogP contribution is 2.26. The normalized spacial score (nSPS) is 12.2. The molecule has 0 aliphatic carbocycles. The lowest BCUT2D eigenvalue weighted by atomic mass is 10.0. The van der Waals surface area contributed by atoms with E-state index in [1.165, 1.54) is 28.7 Å². The Morgan fingerprint density at radius 3 is 2.50 bits per heavy atom. The van der Waals surface area contributed by atoms with E-state index in [0.29, 0.717) is 22.8 Å². The maximum Gasteiger partial charge on any atom is 0.236 e. The van der Waals surface area contributed by atoms with Crippen LogP contribution in [0.5, 0.6) is 5.75 Å². The van der Waals surface area contributed by atoms with Crippen molar-refractivity contribution in [1.29, 1.82) is 0 Å². The first-order valence-electron chi connectivity index (χ1n) is 9.79. The number of ether oxygens (including phenoxy) is 1. The number of nitrogens with zero attached hydrogens (tertiary/aromatic N) is 5. The summed E-state index contributed by atoms with van der Waals surface area (Å²) in [5.74, 6) is 2.06. The number of aryl methyl sites for hydroxylation is 1. The standard InChI is InChI=1S/C20H26N6O2S2/c1-6-26-18(13(4)28-16-9-7-15(8-10-16)12(2)3)23-25-20(26)29-11-17(27)21-19-24-22-14(5)30-19/h7-10,12-13H,6,11H2,1-5H3,(H,21,24,27). The second-order valence-corrected chi connectivity index (χ2v) is 9.16.